The van der Waals surface area contributed by atoms with Gasteiger partial charge in [-0.3, -0.25) is 4.79 Å². The Labute approximate surface area is 169 Å². The predicted octanol–water partition coefficient (Wildman–Crippen LogP) is 1.47. The Kier molecular flexibility index (Phi) is 5.08. The van der Waals surface area contributed by atoms with Gasteiger partial charge in [0, 0.05) is 5.69 Å². The van der Waals surface area contributed by atoms with Gasteiger partial charge in [-0.2, -0.15) is 0 Å². The van der Waals surface area contributed by atoms with Gasteiger partial charge in [-0.15, -0.1) is 0 Å². The number of hydrogen-bond donors (Lipinski definition) is 1. The highest BCUT2D eigenvalue weighted by Gasteiger charge is 2.53. The maximum atomic E-state index is 13.7. The Bertz CT molecular complexity index is 963. The fraction of sp³-hybridized carbons (Fsp3) is 0.294. The second-order valence-electron chi connectivity index (χ2n) is 6.25. The van der Waals surface area contributed by atoms with Gasteiger partial charge in [0.2, 0.25) is 0 Å². The van der Waals surface area contributed by atoms with Crippen molar-refractivity contribution >= 4 is 37.4 Å². The molecule has 158 valence electrons. The fourth-order valence-corrected chi connectivity index (χ4v) is 5.08. The fourth-order valence-electron chi connectivity index (χ4n) is 3.00. The molecule has 1 N–H and O–H groups in total. The summed E-state index contributed by atoms with van der Waals surface area (Å²) in [6.07, 6.45) is -1.92. The number of anilines is 1. The monoisotopic (exact) mass is 437 g/mol. The lowest BCUT2D eigenvalue weighted by Gasteiger charge is -2.30. The van der Waals surface area contributed by atoms with E-state index in [2.05, 4.69) is 5.32 Å². The molecule has 1 aromatic carbocycles. The van der Waals surface area contributed by atoms with Crippen LogP contribution in [0.4, 0.5) is 15.3 Å². The first-order valence-corrected chi connectivity index (χ1v) is 10.4. The standard InChI is InChI=1S/C17H16N3O9P/c21-14(18-11-4-2-1-3-5-11)13-12(10-28-15(13)22)29-30(25,19-6-8-26-16(19)23)20-7-9-27-17(20)24/h1-5H,6-10H2,(H,18,21). The summed E-state index contributed by atoms with van der Waals surface area (Å²) in [6, 6.07) is 8.31. The van der Waals surface area contributed by atoms with Crippen LogP contribution in [0.1, 0.15) is 0 Å². The summed E-state index contributed by atoms with van der Waals surface area (Å²) in [6.45, 7) is -0.858. The average molecular weight is 437 g/mol. The summed E-state index contributed by atoms with van der Waals surface area (Å²) in [4.78, 5) is 48.9. The van der Waals surface area contributed by atoms with Gasteiger partial charge in [0.05, 0.1) is 13.1 Å². The third kappa shape index (κ3) is 3.45. The number of hydrogen-bond acceptors (Lipinski definition) is 9. The molecule has 1 aromatic rings. The van der Waals surface area contributed by atoms with E-state index in [4.69, 9.17) is 18.7 Å². The molecule has 4 rings (SSSR count). The molecule has 3 heterocycles. The SMILES string of the molecule is O=C(Nc1ccccc1)C1=C(OP(=O)(N2CCOC2=O)N2CCOC2=O)COC1=O. The van der Waals surface area contributed by atoms with E-state index in [1.54, 1.807) is 30.3 Å². The molecule has 2 fully saturated rings. The lowest BCUT2D eigenvalue weighted by atomic mass is 10.2. The van der Waals surface area contributed by atoms with Gasteiger partial charge in [0.15, 0.2) is 17.9 Å². The van der Waals surface area contributed by atoms with Gasteiger partial charge >= 0.3 is 25.8 Å². The summed E-state index contributed by atoms with van der Waals surface area (Å²) < 4.78 is 35.2. The van der Waals surface area contributed by atoms with Gasteiger partial charge in [-0.1, -0.05) is 18.2 Å². The zero-order valence-electron chi connectivity index (χ0n) is 15.4. The van der Waals surface area contributed by atoms with E-state index < -0.39 is 43.9 Å². The zero-order valence-corrected chi connectivity index (χ0v) is 16.3. The largest absolute Gasteiger partial charge is 0.459 e. The number of para-hydroxylation sites is 1. The minimum Gasteiger partial charge on any atom is -0.454 e. The Hall–Kier alpha value is -3.53. The zero-order chi connectivity index (χ0) is 21.3. The molecular formula is C17H16N3O9P. The molecule has 3 aliphatic rings. The minimum atomic E-state index is -4.41. The lowest BCUT2D eigenvalue weighted by Crippen LogP contribution is -2.34. The summed E-state index contributed by atoms with van der Waals surface area (Å²) in [7, 11) is -4.41. The summed E-state index contributed by atoms with van der Waals surface area (Å²) in [5.74, 6) is -2.20. The molecule has 0 atom stereocenters. The van der Waals surface area contributed by atoms with Gasteiger partial charge in [0.25, 0.3) is 5.91 Å². The number of ether oxygens (including phenoxy) is 3. The van der Waals surface area contributed by atoms with E-state index in [0.717, 1.165) is 9.34 Å². The second kappa shape index (κ2) is 7.71. The normalized spacial score (nSPS) is 19.0. The molecule has 12 nitrogen and oxygen atoms in total. The van der Waals surface area contributed by atoms with Crippen LogP contribution in [0.2, 0.25) is 0 Å². The molecule has 0 spiro atoms. The average Bonchev–Trinajstić information content (AvgIpc) is 3.43. The minimum absolute atomic E-state index is 0.0646. The number of esters is 1. The quantitative estimate of drug-likeness (QED) is 0.303. The highest BCUT2D eigenvalue weighted by molar-refractivity contribution is 7.55. The molecule has 3 amide bonds. The van der Waals surface area contributed by atoms with Crippen molar-refractivity contribution in [2.75, 3.05) is 38.2 Å². The van der Waals surface area contributed by atoms with Crippen LogP contribution in [0.25, 0.3) is 0 Å². The van der Waals surface area contributed by atoms with Gasteiger partial charge in [-0.05, 0) is 12.1 Å². The highest BCUT2D eigenvalue weighted by atomic mass is 31.2. The van der Waals surface area contributed by atoms with Crippen LogP contribution < -0.4 is 5.32 Å². The molecule has 0 aromatic heterocycles. The Morgan fingerprint density at radius 2 is 1.57 bits per heavy atom. The first-order valence-electron chi connectivity index (χ1n) is 8.86. The number of nitrogens with one attached hydrogen (secondary N) is 1. The summed E-state index contributed by atoms with van der Waals surface area (Å²) in [5.41, 5.74) is -0.109. The van der Waals surface area contributed by atoms with Crippen molar-refractivity contribution in [1.29, 1.82) is 0 Å². The number of carbonyl (C=O) groups excluding carboxylic acids is 4. The van der Waals surface area contributed by atoms with Crippen LogP contribution in [-0.4, -0.2) is 66.3 Å². The van der Waals surface area contributed by atoms with Crippen molar-refractivity contribution in [3.05, 3.63) is 41.7 Å². The van der Waals surface area contributed by atoms with E-state index in [-0.39, 0.29) is 32.1 Å². The number of cyclic esters (lactones) is 3. The molecule has 0 saturated carbocycles. The highest BCUT2D eigenvalue weighted by Crippen LogP contribution is 2.58. The molecular weight excluding hydrogens is 421 g/mol. The van der Waals surface area contributed by atoms with E-state index in [9.17, 15) is 23.7 Å². The van der Waals surface area contributed by atoms with E-state index in [0.29, 0.717) is 5.69 Å². The van der Waals surface area contributed by atoms with Crippen LogP contribution in [-0.2, 0) is 32.9 Å². The Morgan fingerprint density at radius 1 is 0.967 bits per heavy atom. The molecule has 0 bridgehead atoms. The van der Waals surface area contributed by atoms with E-state index in [1.807, 2.05) is 0 Å². The molecule has 2 saturated heterocycles. The second-order valence-corrected chi connectivity index (χ2v) is 8.38. The predicted molar refractivity (Wildman–Crippen MR) is 97.9 cm³/mol. The van der Waals surface area contributed by atoms with Crippen LogP contribution in [0.3, 0.4) is 0 Å². The van der Waals surface area contributed by atoms with Gasteiger partial charge in [0.1, 0.15) is 13.2 Å². The van der Waals surface area contributed by atoms with E-state index in [1.165, 1.54) is 0 Å². The lowest BCUT2D eigenvalue weighted by molar-refractivity contribution is -0.137. The van der Waals surface area contributed by atoms with Crippen molar-refractivity contribution in [2.45, 2.75) is 0 Å². The number of amides is 3. The smallest absolute Gasteiger partial charge is 0.454 e. The van der Waals surface area contributed by atoms with Crippen molar-refractivity contribution < 1.29 is 42.5 Å². The van der Waals surface area contributed by atoms with E-state index >= 15 is 0 Å². The third-order valence-electron chi connectivity index (χ3n) is 4.39. The van der Waals surface area contributed by atoms with Crippen LogP contribution in [0.5, 0.6) is 0 Å². The molecule has 0 radical (unpaired) electrons. The van der Waals surface area contributed by atoms with Crippen LogP contribution in [0.15, 0.2) is 41.7 Å². The van der Waals surface area contributed by atoms with Crippen LogP contribution in [0, 0.1) is 0 Å². The van der Waals surface area contributed by atoms with Crippen molar-refractivity contribution in [1.82, 2.24) is 9.34 Å². The molecule has 30 heavy (non-hydrogen) atoms. The Morgan fingerprint density at radius 3 is 2.10 bits per heavy atom. The van der Waals surface area contributed by atoms with Gasteiger partial charge in [-0.25, -0.2) is 28.3 Å². The number of nitrogens with zero attached hydrogens (tertiary/aromatic N) is 2. The maximum Gasteiger partial charge on any atom is 0.459 e. The van der Waals surface area contributed by atoms with Crippen molar-refractivity contribution in [3.63, 3.8) is 0 Å². The summed E-state index contributed by atoms with van der Waals surface area (Å²) >= 11 is 0. The van der Waals surface area contributed by atoms with Crippen molar-refractivity contribution in [2.24, 2.45) is 0 Å². The molecule has 0 unspecified atom stereocenters. The molecule has 0 aliphatic carbocycles. The summed E-state index contributed by atoms with van der Waals surface area (Å²) in [5, 5.41) is 2.51. The number of carbonyl (C=O) groups is 4. The molecule has 13 heteroatoms. The topological polar surface area (TPSA) is 141 Å². The van der Waals surface area contributed by atoms with Gasteiger partial charge < -0.3 is 24.1 Å². The molecule has 3 aliphatic heterocycles. The van der Waals surface area contributed by atoms with Crippen LogP contribution >= 0.6 is 7.67 Å². The number of rotatable bonds is 6. The maximum absolute atomic E-state index is 13.7. The number of benzene rings is 1. The first kappa shape index (κ1) is 19.8. The first-order chi connectivity index (χ1) is 14.4. The third-order valence-corrected chi connectivity index (χ3v) is 6.80. The Balaban J connectivity index is 1.67. The van der Waals surface area contributed by atoms with Crippen molar-refractivity contribution in [3.8, 4) is 0 Å².